The Hall–Kier alpha value is -3.19. The highest BCUT2D eigenvalue weighted by Gasteiger charge is 2.19. The van der Waals surface area contributed by atoms with Gasteiger partial charge in [-0.3, -0.25) is 14.9 Å². The number of carbonyl (C=O) groups excluding carboxylic acids is 3. The van der Waals surface area contributed by atoms with Gasteiger partial charge >= 0.3 is 12.0 Å². The number of thioether (sulfide) groups is 1. The van der Waals surface area contributed by atoms with Crippen LogP contribution in [-0.2, 0) is 4.79 Å². The second kappa shape index (κ2) is 13.2. The van der Waals surface area contributed by atoms with Crippen LogP contribution in [-0.4, -0.2) is 45.9 Å². The molecule has 188 valence electrons. The number of anilines is 2. The average molecular weight is 594 g/mol. The smallest absolute Gasteiger partial charge is 0.326 e. The third-order valence-corrected chi connectivity index (χ3v) is 5.96. The first-order valence-corrected chi connectivity index (χ1v) is 13.0. The Kier molecular flexibility index (Phi) is 10.1. The number of hydrogen-bond donors (Lipinski definition) is 4. The molecular formula is C23H22BrClN6O4S. The van der Waals surface area contributed by atoms with E-state index in [1.54, 1.807) is 30.0 Å². The lowest BCUT2D eigenvalue weighted by Gasteiger charge is -2.14. The fourth-order valence-corrected chi connectivity index (χ4v) is 3.75. The van der Waals surface area contributed by atoms with Gasteiger partial charge in [0.1, 0.15) is 5.75 Å². The summed E-state index contributed by atoms with van der Waals surface area (Å²) in [6.45, 7) is 0. The van der Waals surface area contributed by atoms with Gasteiger partial charge in [0.15, 0.2) is 0 Å². The molecule has 0 saturated carbocycles. The highest BCUT2D eigenvalue weighted by Crippen LogP contribution is 2.30. The van der Waals surface area contributed by atoms with Crippen LogP contribution in [0.25, 0.3) is 0 Å². The van der Waals surface area contributed by atoms with Crippen molar-refractivity contribution in [1.82, 2.24) is 15.3 Å². The number of ether oxygens (including phenoxy) is 1. The van der Waals surface area contributed by atoms with Crippen molar-refractivity contribution in [3.05, 3.63) is 69.9 Å². The lowest BCUT2D eigenvalue weighted by atomic mass is 10.1. The standard InChI is InChI=1S/C23H22BrClN6O4S/c1-36-9-8-17(26)21(33)30-18-5-3-2-4-15(18)20(32)31-22(34)29-14-6-7-19(16(25)10-14)35-23-27-11-13(24)12-28-23/h2-7,10-12,17H,8-9,26H2,1H3,(H,30,33)(H2,29,31,32,34). The van der Waals surface area contributed by atoms with Crippen LogP contribution in [0.5, 0.6) is 11.8 Å². The van der Waals surface area contributed by atoms with Crippen LogP contribution < -0.4 is 26.4 Å². The number of carbonyl (C=O) groups is 3. The summed E-state index contributed by atoms with van der Waals surface area (Å²) in [5.74, 6) is -0.119. The first-order valence-electron chi connectivity index (χ1n) is 10.5. The lowest BCUT2D eigenvalue weighted by Crippen LogP contribution is -2.38. The minimum Gasteiger partial charge on any atom is -0.423 e. The van der Waals surface area contributed by atoms with Crippen molar-refractivity contribution in [2.45, 2.75) is 12.5 Å². The van der Waals surface area contributed by atoms with E-state index in [9.17, 15) is 14.4 Å². The molecule has 1 aromatic heterocycles. The predicted molar refractivity (Wildman–Crippen MR) is 144 cm³/mol. The monoisotopic (exact) mass is 592 g/mol. The van der Waals surface area contributed by atoms with Gasteiger partial charge in [-0.15, -0.1) is 0 Å². The van der Waals surface area contributed by atoms with Gasteiger partial charge in [0.05, 0.1) is 26.8 Å². The Bertz CT molecular complexity index is 1250. The number of imide groups is 1. The molecule has 0 radical (unpaired) electrons. The molecule has 3 rings (SSSR count). The summed E-state index contributed by atoms with van der Waals surface area (Å²) in [5.41, 5.74) is 6.56. The molecule has 0 aliphatic rings. The molecule has 0 spiro atoms. The number of benzene rings is 2. The molecule has 0 saturated heterocycles. The highest BCUT2D eigenvalue weighted by atomic mass is 79.9. The van der Waals surface area contributed by atoms with E-state index in [0.717, 1.165) is 5.75 Å². The molecule has 0 aliphatic heterocycles. The first-order chi connectivity index (χ1) is 17.3. The van der Waals surface area contributed by atoms with Crippen molar-refractivity contribution >= 4 is 68.5 Å². The van der Waals surface area contributed by atoms with Crippen molar-refractivity contribution in [3.63, 3.8) is 0 Å². The SMILES string of the molecule is CSCCC(N)C(=O)Nc1ccccc1C(=O)NC(=O)Nc1ccc(Oc2ncc(Br)cn2)c(Cl)c1. The maximum Gasteiger partial charge on any atom is 0.326 e. The van der Waals surface area contributed by atoms with E-state index in [1.165, 1.54) is 36.7 Å². The van der Waals surface area contributed by atoms with Crippen LogP contribution >= 0.6 is 39.3 Å². The van der Waals surface area contributed by atoms with Gasteiger partial charge in [-0.05, 0) is 64.7 Å². The molecule has 1 unspecified atom stereocenters. The van der Waals surface area contributed by atoms with Gasteiger partial charge in [-0.1, -0.05) is 23.7 Å². The third kappa shape index (κ3) is 7.92. The largest absolute Gasteiger partial charge is 0.423 e. The van der Waals surface area contributed by atoms with Gasteiger partial charge in [0.25, 0.3) is 5.91 Å². The summed E-state index contributed by atoms with van der Waals surface area (Å²) in [7, 11) is 0. The number of nitrogens with zero attached hydrogens (tertiary/aromatic N) is 2. The van der Waals surface area contributed by atoms with Crippen molar-refractivity contribution in [3.8, 4) is 11.8 Å². The normalized spacial score (nSPS) is 11.3. The summed E-state index contributed by atoms with van der Waals surface area (Å²) in [6, 6.07) is 9.41. The fourth-order valence-electron chi connectivity index (χ4n) is 2.84. The van der Waals surface area contributed by atoms with Gasteiger partial charge < -0.3 is 21.1 Å². The number of rotatable bonds is 9. The summed E-state index contributed by atoms with van der Waals surface area (Å²) in [5, 5.41) is 7.59. The number of para-hydroxylation sites is 1. The number of amides is 4. The van der Waals surface area contributed by atoms with Crippen LogP contribution in [0.2, 0.25) is 5.02 Å². The van der Waals surface area contributed by atoms with E-state index in [1.807, 2.05) is 6.26 Å². The molecule has 13 heteroatoms. The molecule has 4 amide bonds. The van der Waals surface area contributed by atoms with Gasteiger partial charge in [-0.25, -0.2) is 14.8 Å². The number of aromatic nitrogens is 2. The number of hydrogen-bond acceptors (Lipinski definition) is 8. The molecule has 1 atom stereocenters. The Balaban J connectivity index is 1.61. The molecule has 0 aliphatic carbocycles. The van der Waals surface area contributed by atoms with Crippen LogP contribution in [0, 0.1) is 0 Å². The van der Waals surface area contributed by atoms with Crippen LogP contribution in [0.3, 0.4) is 0 Å². The number of halogens is 2. The summed E-state index contributed by atoms with van der Waals surface area (Å²) >= 11 is 11.1. The van der Waals surface area contributed by atoms with Gasteiger partial charge in [-0.2, -0.15) is 11.8 Å². The number of nitrogens with two attached hydrogens (primary N) is 1. The lowest BCUT2D eigenvalue weighted by molar-refractivity contribution is -0.117. The van der Waals surface area contributed by atoms with E-state index in [-0.39, 0.29) is 28.0 Å². The predicted octanol–water partition coefficient (Wildman–Crippen LogP) is 4.67. The first kappa shape index (κ1) is 27.4. The minimum atomic E-state index is -0.793. The van der Waals surface area contributed by atoms with E-state index in [0.29, 0.717) is 16.6 Å². The van der Waals surface area contributed by atoms with E-state index in [2.05, 4.69) is 41.8 Å². The molecule has 10 nitrogen and oxygen atoms in total. The average Bonchev–Trinajstić information content (AvgIpc) is 2.85. The van der Waals surface area contributed by atoms with Gasteiger partial charge in [0, 0.05) is 18.1 Å². The van der Waals surface area contributed by atoms with Crippen molar-refractivity contribution in [2.24, 2.45) is 5.73 Å². The maximum absolute atomic E-state index is 12.7. The van der Waals surface area contributed by atoms with Crippen LogP contribution in [0.4, 0.5) is 16.2 Å². The topological polar surface area (TPSA) is 148 Å². The van der Waals surface area contributed by atoms with Crippen molar-refractivity contribution in [1.29, 1.82) is 0 Å². The maximum atomic E-state index is 12.7. The molecule has 0 fully saturated rings. The zero-order chi connectivity index (χ0) is 26.1. The Labute approximate surface area is 224 Å². The summed E-state index contributed by atoms with van der Waals surface area (Å²) < 4.78 is 6.22. The Morgan fingerprint density at radius 3 is 2.56 bits per heavy atom. The molecular weight excluding hydrogens is 572 g/mol. The molecule has 2 aromatic carbocycles. The summed E-state index contributed by atoms with van der Waals surface area (Å²) in [4.78, 5) is 45.5. The second-order valence-corrected chi connectivity index (χ2v) is 9.57. The zero-order valence-corrected chi connectivity index (χ0v) is 22.1. The van der Waals surface area contributed by atoms with Crippen molar-refractivity contribution in [2.75, 3.05) is 22.6 Å². The molecule has 3 aromatic rings. The van der Waals surface area contributed by atoms with Crippen molar-refractivity contribution < 1.29 is 19.1 Å². The molecule has 1 heterocycles. The second-order valence-electron chi connectivity index (χ2n) is 7.26. The van der Waals surface area contributed by atoms with E-state index < -0.39 is 23.9 Å². The number of urea groups is 1. The van der Waals surface area contributed by atoms with E-state index in [4.69, 9.17) is 22.1 Å². The minimum absolute atomic E-state index is 0.0973. The summed E-state index contributed by atoms with van der Waals surface area (Å²) in [6.07, 6.45) is 5.46. The fraction of sp³-hybridized carbons (Fsp3) is 0.174. The molecule has 36 heavy (non-hydrogen) atoms. The quantitative estimate of drug-likeness (QED) is 0.280. The Morgan fingerprint density at radius 2 is 1.86 bits per heavy atom. The highest BCUT2D eigenvalue weighted by molar-refractivity contribution is 9.10. The number of nitrogens with one attached hydrogen (secondary N) is 3. The third-order valence-electron chi connectivity index (χ3n) is 4.61. The molecule has 0 bridgehead atoms. The van der Waals surface area contributed by atoms with Gasteiger partial charge in [0.2, 0.25) is 5.91 Å². The zero-order valence-electron chi connectivity index (χ0n) is 19.0. The Morgan fingerprint density at radius 1 is 1.14 bits per heavy atom. The van der Waals surface area contributed by atoms with Crippen LogP contribution in [0.1, 0.15) is 16.8 Å². The molecule has 5 N–H and O–H groups in total. The van der Waals surface area contributed by atoms with E-state index >= 15 is 0 Å². The van der Waals surface area contributed by atoms with Crippen LogP contribution in [0.15, 0.2) is 59.3 Å².